The largest absolute Gasteiger partial charge is 0.420 e. The van der Waals surface area contributed by atoms with Gasteiger partial charge >= 0.3 is 11.9 Å². The summed E-state index contributed by atoms with van der Waals surface area (Å²) in [6, 6.07) is 22.6. The normalized spacial score (nSPS) is 22.1. The van der Waals surface area contributed by atoms with Crippen LogP contribution in [0.3, 0.4) is 0 Å². The molecule has 30 heavy (non-hydrogen) atoms. The molecule has 0 amide bonds. The van der Waals surface area contributed by atoms with Crippen LogP contribution in [-0.2, 0) is 14.9 Å². The highest BCUT2D eigenvalue weighted by Gasteiger charge is 2.58. The molecule has 3 aromatic carbocycles. The zero-order chi connectivity index (χ0) is 20.7. The first-order chi connectivity index (χ1) is 14.6. The van der Waals surface area contributed by atoms with Crippen molar-refractivity contribution in [3.8, 4) is 0 Å². The Hall–Kier alpha value is -3.38. The fourth-order valence-corrected chi connectivity index (χ4v) is 5.25. The molecule has 0 saturated heterocycles. The second kappa shape index (κ2) is 7.15. The van der Waals surface area contributed by atoms with Crippen LogP contribution in [0.2, 0.25) is 0 Å². The predicted molar refractivity (Wildman–Crippen MR) is 111 cm³/mol. The van der Waals surface area contributed by atoms with E-state index in [4.69, 9.17) is 9.47 Å². The molecular weight excluding hydrogens is 400 g/mol. The van der Waals surface area contributed by atoms with Gasteiger partial charge in [0.25, 0.3) is 6.29 Å². The molecule has 2 unspecified atom stereocenters. The fraction of sp³-hybridized carbons (Fsp3) is 0.125. The number of carbonyl (C=O) groups is 3. The molecule has 2 aliphatic rings. The van der Waals surface area contributed by atoms with Gasteiger partial charge in [-0.25, -0.2) is 9.59 Å². The van der Waals surface area contributed by atoms with Crippen LogP contribution in [0.1, 0.15) is 36.6 Å². The van der Waals surface area contributed by atoms with Crippen LogP contribution >= 0.6 is 11.8 Å². The molecule has 0 radical (unpaired) electrons. The number of hydrogen-bond donors (Lipinski definition) is 0. The maximum atomic E-state index is 13.8. The number of ether oxygens (including phenoxy) is 2. The van der Waals surface area contributed by atoms with Crippen LogP contribution in [0, 0.1) is 0 Å². The van der Waals surface area contributed by atoms with E-state index in [1.807, 2.05) is 12.1 Å². The number of rotatable bonds is 2. The molecular formula is C24H16O5S. The highest BCUT2D eigenvalue weighted by molar-refractivity contribution is 7.99. The van der Waals surface area contributed by atoms with E-state index in [-0.39, 0.29) is 5.78 Å². The average Bonchev–Trinajstić information content (AvgIpc) is 2.79. The van der Waals surface area contributed by atoms with E-state index >= 15 is 0 Å². The summed E-state index contributed by atoms with van der Waals surface area (Å²) in [5.74, 6) is -1.19. The molecule has 6 heteroatoms. The lowest BCUT2D eigenvalue weighted by Crippen LogP contribution is -2.57. The third kappa shape index (κ3) is 2.75. The Bertz CT molecular complexity index is 1170. The van der Waals surface area contributed by atoms with E-state index in [1.54, 1.807) is 66.7 Å². The summed E-state index contributed by atoms with van der Waals surface area (Å²) >= 11 is 1.49. The number of fused-ring (bicyclic) bond motifs is 3. The zero-order valence-electron chi connectivity index (χ0n) is 15.7. The fourth-order valence-electron chi connectivity index (χ4n) is 3.96. The standard InChI is InChI=1S/C24H16O5S/c25-20-17-11-5-7-13-19(17)30-14-24(20)18-12-6-4-10-16(18)22(27)29-23(24)28-21(26)15-8-2-1-3-9-15/h1-13,23H,14H2. The van der Waals surface area contributed by atoms with E-state index in [9.17, 15) is 14.4 Å². The smallest absolute Gasteiger partial charge is 0.341 e. The molecule has 0 saturated carbocycles. The molecule has 2 heterocycles. The van der Waals surface area contributed by atoms with Gasteiger partial charge in [-0.3, -0.25) is 4.79 Å². The van der Waals surface area contributed by atoms with Crippen molar-refractivity contribution in [2.24, 2.45) is 0 Å². The van der Waals surface area contributed by atoms with Crippen LogP contribution in [0.4, 0.5) is 0 Å². The first-order valence-electron chi connectivity index (χ1n) is 9.44. The molecule has 2 aliphatic heterocycles. The van der Waals surface area contributed by atoms with Gasteiger partial charge in [-0.1, -0.05) is 54.6 Å². The number of Topliss-reactive ketones (excluding diaryl/α,β-unsaturated/α-hetero) is 1. The summed E-state index contributed by atoms with van der Waals surface area (Å²) in [6.07, 6.45) is -1.36. The third-order valence-electron chi connectivity index (χ3n) is 5.46. The van der Waals surface area contributed by atoms with Gasteiger partial charge in [0.2, 0.25) is 0 Å². The molecule has 0 N–H and O–H groups in total. The second-order valence-electron chi connectivity index (χ2n) is 7.14. The lowest BCUT2D eigenvalue weighted by atomic mass is 9.71. The van der Waals surface area contributed by atoms with E-state index in [0.29, 0.717) is 28.0 Å². The van der Waals surface area contributed by atoms with Gasteiger partial charge in [-0.2, -0.15) is 0 Å². The summed E-state index contributed by atoms with van der Waals surface area (Å²) in [5, 5.41) is 0. The minimum Gasteiger partial charge on any atom is -0.420 e. The van der Waals surface area contributed by atoms with E-state index < -0.39 is 23.6 Å². The minimum absolute atomic E-state index is 0.220. The molecule has 3 aromatic rings. The van der Waals surface area contributed by atoms with Gasteiger partial charge in [-0.05, 0) is 29.8 Å². The van der Waals surface area contributed by atoms with Crippen molar-refractivity contribution in [1.29, 1.82) is 0 Å². The van der Waals surface area contributed by atoms with Gasteiger partial charge in [0, 0.05) is 16.2 Å². The van der Waals surface area contributed by atoms with Crippen molar-refractivity contribution in [2.75, 3.05) is 5.75 Å². The van der Waals surface area contributed by atoms with Gasteiger partial charge in [0.05, 0.1) is 11.1 Å². The predicted octanol–water partition coefficient (Wildman–Crippen LogP) is 4.27. The number of esters is 2. The van der Waals surface area contributed by atoms with Crippen molar-refractivity contribution in [1.82, 2.24) is 0 Å². The van der Waals surface area contributed by atoms with Crippen molar-refractivity contribution >= 4 is 29.5 Å². The van der Waals surface area contributed by atoms with Crippen LogP contribution in [0.25, 0.3) is 0 Å². The molecule has 0 bridgehead atoms. The van der Waals surface area contributed by atoms with Gasteiger partial charge in [-0.15, -0.1) is 11.8 Å². The summed E-state index contributed by atoms with van der Waals surface area (Å²) in [6.45, 7) is 0. The lowest BCUT2D eigenvalue weighted by Gasteiger charge is -2.43. The molecule has 5 rings (SSSR count). The molecule has 148 valence electrons. The topological polar surface area (TPSA) is 69.7 Å². The van der Waals surface area contributed by atoms with Crippen LogP contribution < -0.4 is 0 Å². The Morgan fingerprint density at radius 3 is 2.37 bits per heavy atom. The second-order valence-corrected chi connectivity index (χ2v) is 8.16. The van der Waals surface area contributed by atoms with E-state index in [1.165, 1.54) is 11.8 Å². The van der Waals surface area contributed by atoms with Crippen LogP contribution in [0.5, 0.6) is 0 Å². The van der Waals surface area contributed by atoms with Gasteiger partial charge < -0.3 is 9.47 Å². The number of benzene rings is 3. The van der Waals surface area contributed by atoms with E-state index in [0.717, 1.165) is 4.90 Å². The molecule has 0 fully saturated rings. The summed E-state index contributed by atoms with van der Waals surface area (Å²) in [5.41, 5.74) is 0.381. The Labute approximate surface area is 177 Å². The van der Waals surface area contributed by atoms with Crippen molar-refractivity contribution < 1.29 is 23.9 Å². The maximum absolute atomic E-state index is 13.8. The van der Waals surface area contributed by atoms with Gasteiger partial charge in [0.15, 0.2) is 5.78 Å². The minimum atomic E-state index is -1.36. The van der Waals surface area contributed by atoms with Crippen LogP contribution in [-0.4, -0.2) is 29.8 Å². The van der Waals surface area contributed by atoms with Crippen molar-refractivity contribution in [3.05, 3.63) is 101 Å². The van der Waals surface area contributed by atoms with Crippen molar-refractivity contribution in [3.63, 3.8) is 0 Å². The van der Waals surface area contributed by atoms with Crippen LogP contribution in [0.15, 0.2) is 83.8 Å². The number of hydrogen-bond acceptors (Lipinski definition) is 6. The van der Waals surface area contributed by atoms with Crippen molar-refractivity contribution in [2.45, 2.75) is 16.6 Å². The Balaban J connectivity index is 1.64. The monoisotopic (exact) mass is 416 g/mol. The molecule has 5 nitrogen and oxygen atoms in total. The number of cyclic esters (lactones) is 1. The lowest BCUT2D eigenvalue weighted by molar-refractivity contribution is -0.112. The molecule has 1 spiro atoms. The highest BCUT2D eigenvalue weighted by Crippen LogP contribution is 2.48. The number of thioether (sulfide) groups is 1. The highest BCUT2D eigenvalue weighted by atomic mass is 32.2. The summed E-state index contributed by atoms with van der Waals surface area (Å²) in [7, 11) is 0. The quantitative estimate of drug-likeness (QED) is 0.581. The van der Waals surface area contributed by atoms with Gasteiger partial charge in [0.1, 0.15) is 5.41 Å². The first kappa shape index (κ1) is 18.6. The zero-order valence-corrected chi connectivity index (χ0v) is 16.6. The molecule has 2 atom stereocenters. The Morgan fingerprint density at radius 2 is 1.57 bits per heavy atom. The van der Waals surface area contributed by atoms with E-state index in [2.05, 4.69) is 0 Å². The summed E-state index contributed by atoms with van der Waals surface area (Å²) < 4.78 is 11.2. The number of ketones is 1. The maximum Gasteiger partial charge on any atom is 0.341 e. The molecule has 0 aromatic heterocycles. The number of carbonyl (C=O) groups excluding carboxylic acids is 3. The molecule has 0 aliphatic carbocycles. The third-order valence-corrected chi connectivity index (χ3v) is 6.73. The Kier molecular flexibility index (Phi) is 4.44. The summed E-state index contributed by atoms with van der Waals surface area (Å²) in [4.78, 5) is 40.1. The average molecular weight is 416 g/mol. The first-order valence-corrected chi connectivity index (χ1v) is 10.4. The Morgan fingerprint density at radius 1 is 0.900 bits per heavy atom. The SMILES string of the molecule is O=C(OC1OC(=O)c2ccccc2C12CSc1ccccc1C2=O)c1ccccc1.